The van der Waals surface area contributed by atoms with E-state index in [1.165, 1.54) is 5.39 Å². The van der Waals surface area contributed by atoms with Crippen LogP contribution in [0, 0.1) is 13.8 Å². The van der Waals surface area contributed by atoms with Gasteiger partial charge in [-0.3, -0.25) is 4.98 Å². The van der Waals surface area contributed by atoms with Gasteiger partial charge in [0.05, 0.1) is 11.2 Å². The summed E-state index contributed by atoms with van der Waals surface area (Å²) in [5.41, 5.74) is 2.15. The molecule has 92 valence electrons. The van der Waals surface area contributed by atoms with E-state index in [1.54, 1.807) is 0 Å². The van der Waals surface area contributed by atoms with Gasteiger partial charge < -0.3 is 4.57 Å². The van der Waals surface area contributed by atoms with Crippen LogP contribution in [0.4, 0.5) is 0 Å². The lowest BCUT2D eigenvalue weighted by Crippen LogP contribution is -1.86. The second kappa shape index (κ2) is 5.45. The number of pyridine rings is 1. The molecule has 0 fully saturated rings. The van der Waals surface area contributed by atoms with Gasteiger partial charge in [-0.2, -0.15) is 0 Å². The highest BCUT2D eigenvalue weighted by Gasteiger charge is 1.91. The minimum atomic E-state index is 1.06. The van der Waals surface area contributed by atoms with Crippen molar-refractivity contribution in [2.24, 2.45) is 7.05 Å². The maximum absolute atomic E-state index is 4.18. The lowest BCUT2D eigenvalue weighted by molar-refractivity contribution is 0.858. The second-order valence-corrected chi connectivity index (χ2v) is 4.24. The van der Waals surface area contributed by atoms with E-state index in [0.717, 1.165) is 17.0 Å². The van der Waals surface area contributed by atoms with Gasteiger partial charge in [-0.05, 0) is 26.0 Å². The first-order chi connectivity index (χ1) is 8.66. The molecule has 18 heavy (non-hydrogen) atoms. The van der Waals surface area contributed by atoms with Gasteiger partial charge >= 0.3 is 0 Å². The molecule has 0 aliphatic rings. The number of aromatic nitrogens is 3. The van der Waals surface area contributed by atoms with Crippen LogP contribution >= 0.6 is 0 Å². The van der Waals surface area contributed by atoms with Crippen LogP contribution in [0.3, 0.4) is 0 Å². The van der Waals surface area contributed by atoms with Crippen molar-refractivity contribution >= 4 is 10.9 Å². The van der Waals surface area contributed by atoms with E-state index in [9.17, 15) is 0 Å². The molecule has 3 aromatic rings. The lowest BCUT2D eigenvalue weighted by atomic mass is 10.2. The molecule has 3 heteroatoms. The summed E-state index contributed by atoms with van der Waals surface area (Å²) in [6.07, 6.45) is 3.82. The number of nitrogens with zero attached hydrogens (tertiary/aromatic N) is 3. The van der Waals surface area contributed by atoms with Gasteiger partial charge in [0.15, 0.2) is 0 Å². The molecule has 2 heterocycles. The maximum Gasteiger partial charge on any atom is 0.105 e. The summed E-state index contributed by atoms with van der Waals surface area (Å²) in [5, 5.41) is 1.20. The molecule has 0 aliphatic heterocycles. The van der Waals surface area contributed by atoms with E-state index in [1.807, 2.05) is 62.1 Å². The maximum atomic E-state index is 4.18. The molecule has 0 unspecified atom stereocenters. The molecular formula is C15H17N3. The second-order valence-electron chi connectivity index (χ2n) is 4.24. The predicted molar refractivity (Wildman–Crippen MR) is 74.4 cm³/mol. The van der Waals surface area contributed by atoms with Crippen molar-refractivity contribution in [1.82, 2.24) is 14.5 Å². The van der Waals surface area contributed by atoms with Crippen molar-refractivity contribution < 1.29 is 0 Å². The van der Waals surface area contributed by atoms with Crippen molar-refractivity contribution in [3.8, 4) is 0 Å². The van der Waals surface area contributed by atoms with E-state index >= 15 is 0 Å². The summed E-state index contributed by atoms with van der Waals surface area (Å²) in [6.45, 7) is 3.99. The van der Waals surface area contributed by atoms with Crippen LogP contribution in [-0.4, -0.2) is 14.5 Å². The van der Waals surface area contributed by atoms with Crippen molar-refractivity contribution in [2.75, 3.05) is 0 Å². The molecule has 1 aromatic carbocycles. The molecule has 2 aromatic heterocycles. The van der Waals surface area contributed by atoms with Gasteiger partial charge in [-0.15, -0.1) is 0 Å². The Balaban J connectivity index is 0.000000138. The normalized spacial score (nSPS) is 9.94. The molecule has 3 rings (SSSR count). The van der Waals surface area contributed by atoms with Crippen LogP contribution in [0.1, 0.15) is 11.5 Å². The average molecular weight is 239 g/mol. The molecule has 0 aliphatic carbocycles. The van der Waals surface area contributed by atoms with Crippen LogP contribution in [0.2, 0.25) is 0 Å². The Morgan fingerprint density at radius 2 is 1.72 bits per heavy atom. The van der Waals surface area contributed by atoms with Crippen molar-refractivity contribution in [1.29, 1.82) is 0 Å². The highest BCUT2D eigenvalue weighted by molar-refractivity contribution is 5.77. The molecular weight excluding hydrogens is 222 g/mol. The lowest BCUT2D eigenvalue weighted by Gasteiger charge is -1.91. The van der Waals surface area contributed by atoms with Crippen LogP contribution < -0.4 is 0 Å². The Labute approximate surface area is 107 Å². The molecule has 0 radical (unpaired) electrons. The fourth-order valence-corrected chi connectivity index (χ4v) is 1.75. The van der Waals surface area contributed by atoms with Gasteiger partial charge in [-0.25, -0.2) is 4.98 Å². The standard InChI is InChI=1S/C9H7N.C6H10N2/c1-2-6-9-8(4-1)5-3-7-10-9;1-5-4-8(3)6(2)7-5/h1-7H;4H,1-3H3. The van der Waals surface area contributed by atoms with Gasteiger partial charge in [0, 0.05) is 24.8 Å². The summed E-state index contributed by atoms with van der Waals surface area (Å²) in [6, 6.07) is 12.1. The zero-order chi connectivity index (χ0) is 13.0. The quantitative estimate of drug-likeness (QED) is 0.603. The number of benzene rings is 1. The smallest absolute Gasteiger partial charge is 0.105 e. The number of hydrogen-bond acceptors (Lipinski definition) is 2. The number of imidazole rings is 1. The average Bonchev–Trinajstić information content (AvgIpc) is 2.67. The Morgan fingerprint density at radius 1 is 1.00 bits per heavy atom. The molecule has 0 atom stereocenters. The van der Waals surface area contributed by atoms with Gasteiger partial charge in [-0.1, -0.05) is 24.3 Å². The molecule has 0 saturated heterocycles. The zero-order valence-electron chi connectivity index (χ0n) is 11.0. The third-order valence-electron chi connectivity index (χ3n) is 2.74. The van der Waals surface area contributed by atoms with Crippen LogP contribution in [0.15, 0.2) is 48.8 Å². The first-order valence-electron chi connectivity index (χ1n) is 5.93. The first kappa shape index (κ1) is 12.3. The fraction of sp³-hybridized carbons (Fsp3) is 0.200. The van der Waals surface area contributed by atoms with Crippen LogP contribution in [0.5, 0.6) is 0 Å². The van der Waals surface area contributed by atoms with Crippen molar-refractivity contribution in [3.05, 3.63) is 60.3 Å². The van der Waals surface area contributed by atoms with Gasteiger partial charge in [0.2, 0.25) is 0 Å². The highest BCUT2D eigenvalue weighted by Crippen LogP contribution is 2.07. The van der Waals surface area contributed by atoms with E-state index < -0.39 is 0 Å². The summed E-state index contributed by atoms with van der Waals surface area (Å²) in [7, 11) is 2.00. The minimum absolute atomic E-state index is 1.06. The Morgan fingerprint density at radius 3 is 2.28 bits per heavy atom. The first-order valence-corrected chi connectivity index (χ1v) is 5.93. The number of para-hydroxylation sites is 1. The van der Waals surface area contributed by atoms with Gasteiger partial charge in [0.25, 0.3) is 0 Å². The van der Waals surface area contributed by atoms with E-state index in [2.05, 4.69) is 22.1 Å². The fourth-order valence-electron chi connectivity index (χ4n) is 1.75. The summed E-state index contributed by atoms with van der Waals surface area (Å²) in [5.74, 6) is 1.07. The van der Waals surface area contributed by atoms with E-state index in [-0.39, 0.29) is 0 Å². The van der Waals surface area contributed by atoms with E-state index in [4.69, 9.17) is 0 Å². The SMILES string of the molecule is Cc1cn(C)c(C)n1.c1ccc2ncccc2c1. The molecule has 0 amide bonds. The Kier molecular flexibility index (Phi) is 3.72. The third-order valence-corrected chi connectivity index (χ3v) is 2.74. The molecule has 0 saturated carbocycles. The Bertz CT molecular complexity index is 556. The zero-order valence-corrected chi connectivity index (χ0v) is 11.0. The number of fused-ring (bicyclic) bond motifs is 1. The summed E-state index contributed by atoms with van der Waals surface area (Å²) in [4.78, 5) is 8.35. The topological polar surface area (TPSA) is 30.7 Å². The molecule has 0 N–H and O–H groups in total. The summed E-state index contributed by atoms with van der Waals surface area (Å²) >= 11 is 0. The van der Waals surface area contributed by atoms with Crippen LogP contribution in [0.25, 0.3) is 10.9 Å². The number of aryl methyl sites for hydroxylation is 3. The summed E-state index contributed by atoms with van der Waals surface area (Å²) < 4.78 is 2.01. The van der Waals surface area contributed by atoms with Crippen molar-refractivity contribution in [2.45, 2.75) is 13.8 Å². The monoisotopic (exact) mass is 239 g/mol. The minimum Gasteiger partial charge on any atom is -0.338 e. The number of hydrogen-bond donors (Lipinski definition) is 0. The molecule has 3 nitrogen and oxygen atoms in total. The predicted octanol–water partition coefficient (Wildman–Crippen LogP) is 3.27. The van der Waals surface area contributed by atoms with Crippen molar-refractivity contribution in [3.63, 3.8) is 0 Å². The Hall–Kier alpha value is -2.16. The highest BCUT2D eigenvalue weighted by atomic mass is 15.0. The van der Waals surface area contributed by atoms with Crippen LogP contribution in [-0.2, 0) is 7.05 Å². The number of rotatable bonds is 0. The third kappa shape index (κ3) is 2.94. The van der Waals surface area contributed by atoms with E-state index in [0.29, 0.717) is 0 Å². The largest absolute Gasteiger partial charge is 0.338 e. The molecule has 0 bridgehead atoms. The van der Waals surface area contributed by atoms with Gasteiger partial charge in [0.1, 0.15) is 5.82 Å². The molecule has 0 spiro atoms.